The van der Waals surface area contributed by atoms with Crippen LogP contribution >= 0.6 is 0 Å². The zero-order valence-corrected chi connectivity index (χ0v) is 42.2. The van der Waals surface area contributed by atoms with E-state index in [4.69, 9.17) is 37.9 Å². The van der Waals surface area contributed by atoms with Gasteiger partial charge in [-0.1, -0.05) is 46.5 Å². The second kappa shape index (κ2) is 30.8. The molecule has 0 spiro atoms. The quantitative estimate of drug-likeness (QED) is 0.0426. The minimum Gasteiger partial charge on any atom is -0.463 e. The molecular weight excluding hydrogens is 891 g/mol. The predicted molar refractivity (Wildman–Crippen MR) is 246 cm³/mol. The molecule has 2 aliphatic heterocycles. The number of amides is 5. The van der Waals surface area contributed by atoms with Crippen molar-refractivity contribution < 1.29 is 76.3 Å². The van der Waals surface area contributed by atoms with Crippen molar-refractivity contribution in [3.8, 4) is 0 Å². The molecule has 0 saturated carbocycles. The van der Waals surface area contributed by atoms with E-state index < -0.39 is 90.4 Å². The highest BCUT2D eigenvalue weighted by Gasteiger charge is 2.48. The molecule has 2 aliphatic rings. The number of nitrogens with one attached hydrogen (secondary N) is 5. The molecule has 2 saturated heterocycles. The number of hydrogen-bond acceptors (Lipinski definition) is 16. The Hall–Kier alpha value is -4.60. The van der Waals surface area contributed by atoms with Gasteiger partial charge in [0.1, 0.15) is 48.6 Å². The fraction of sp³-hybridized carbons (Fsp3) is 0.830. The van der Waals surface area contributed by atoms with Crippen LogP contribution in [0.1, 0.15) is 147 Å². The molecule has 0 radical (unpaired) electrons. The van der Waals surface area contributed by atoms with E-state index in [1.807, 2.05) is 13.8 Å². The molecule has 2 heterocycles. The molecule has 5 N–H and O–H groups in total. The third-order valence-corrected chi connectivity index (χ3v) is 11.3. The highest BCUT2D eigenvalue weighted by molar-refractivity contribution is 5.86. The lowest BCUT2D eigenvalue weighted by Crippen LogP contribution is -2.63. The van der Waals surface area contributed by atoms with Gasteiger partial charge in [0.25, 0.3) is 0 Å². The minimum atomic E-state index is -1.01. The molecule has 5 amide bonds. The van der Waals surface area contributed by atoms with Crippen molar-refractivity contribution in [1.29, 1.82) is 0 Å². The third kappa shape index (κ3) is 23.1. The van der Waals surface area contributed by atoms with E-state index in [-0.39, 0.29) is 55.8 Å². The van der Waals surface area contributed by atoms with Crippen molar-refractivity contribution in [3.05, 3.63) is 0 Å². The first-order valence-electron chi connectivity index (χ1n) is 24.1. The van der Waals surface area contributed by atoms with Gasteiger partial charge in [0.05, 0.1) is 6.10 Å². The second-order valence-electron chi connectivity index (χ2n) is 18.6. The third-order valence-electron chi connectivity index (χ3n) is 11.3. The van der Waals surface area contributed by atoms with Crippen LogP contribution in [-0.2, 0) is 71.5 Å². The summed E-state index contributed by atoms with van der Waals surface area (Å²) in [7, 11) is 0. The Balaban J connectivity index is 1.79. The molecule has 21 heteroatoms. The molecule has 21 nitrogen and oxygen atoms in total. The van der Waals surface area contributed by atoms with Crippen LogP contribution in [0, 0.1) is 11.8 Å². The molecule has 0 bridgehead atoms. The van der Waals surface area contributed by atoms with Crippen LogP contribution in [0.5, 0.6) is 0 Å². The summed E-state index contributed by atoms with van der Waals surface area (Å²) >= 11 is 0. The number of alkyl carbamates (subject to hydrolysis) is 1. The van der Waals surface area contributed by atoms with Crippen LogP contribution in [-0.4, -0.2) is 141 Å². The zero-order valence-electron chi connectivity index (χ0n) is 42.2. The van der Waals surface area contributed by atoms with E-state index in [0.29, 0.717) is 51.8 Å². The Labute approximate surface area is 401 Å². The van der Waals surface area contributed by atoms with E-state index in [9.17, 15) is 38.4 Å². The van der Waals surface area contributed by atoms with Crippen LogP contribution in [0.2, 0.25) is 0 Å². The fourth-order valence-electron chi connectivity index (χ4n) is 8.01. The van der Waals surface area contributed by atoms with Crippen LogP contribution in [0.15, 0.2) is 0 Å². The van der Waals surface area contributed by atoms with Crippen molar-refractivity contribution >= 4 is 47.6 Å². The van der Waals surface area contributed by atoms with Crippen molar-refractivity contribution in [1.82, 2.24) is 26.6 Å². The second-order valence-corrected chi connectivity index (χ2v) is 18.6. The van der Waals surface area contributed by atoms with Gasteiger partial charge in [0, 0.05) is 79.2 Å². The zero-order chi connectivity index (χ0) is 51.0. The molecule has 0 aliphatic carbocycles. The highest BCUT2D eigenvalue weighted by Crippen LogP contribution is 2.32. The minimum absolute atomic E-state index is 0.0168. The summed E-state index contributed by atoms with van der Waals surface area (Å²) in [6.07, 6.45) is 1.59. The smallest absolute Gasteiger partial charge is 0.408 e. The average molecular weight is 972 g/mol. The molecule has 2 rings (SSSR count). The largest absolute Gasteiger partial charge is 0.463 e. The van der Waals surface area contributed by atoms with Gasteiger partial charge in [0.2, 0.25) is 23.6 Å². The van der Waals surface area contributed by atoms with E-state index in [0.717, 1.165) is 25.7 Å². The van der Waals surface area contributed by atoms with Crippen LogP contribution < -0.4 is 26.6 Å². The monoisotopic (exact) mass is 972 g/mol. The number of ether oxygens (including phenoxy) is 8. The Kier molecular flexibility index (Phi) is 27.0. The number of carbonyl (C=O) groups excluding carboxylic acids is 8. The van der Waals surface area contributed by atoms with E-state index in [1.54, 1.807) is 27.7 Å². The number of unbranched alkanes of at least 4 members (excludes halogenated alkanes) is 6. The maximum absolute atomic E-state index is 13.3. The Morgan fingerprint density at radius 1 is 0.618 bits per heavy atom. The SMILES string of the molecule is CC[C@H]1O[C@@H](OCCCCCCNC(=O)C(CCC(=O)NCCCCCCO[C@@H]2O[C@H](COC(C)=O)[C@H](C)[C@H](OC(C)=O)[C@H]2NC(C)=O)NC(=O)OC(C)(C)C)[C@H](NC(C)=O)[C@@H](OC(C)=O)[C@H]1C. The first-order valence-corrected chi connectivity index (χ1v) is 24.1. The Morgan fingerprint density at radius 2 is 1.09 bits per heavy atom. The van der Waals surface area contributed by atoms with Gasteiger partial charge in [-0.05, 0) is 59.3 Å². The number of rotatable bonds is 28. The van der Waals surface area contributed by atoms with Crippen LogP contribution in [0.25, 0.3) is 0 Å². The standard InChI is InChI=1S/C47H81N5O16/c1-12-36-28(2)41(64-33(7)56)39(50-30(4)53)44(66-36)61-25-20-16-14-18-24-49-43(59)35(52-46(60)68-47(9,10)11)21-22-38(58)48-23-17-13-15-19-26-62-45-40(51-31(5)54)42(65-34(8)57)29(3)37(67-45)27-63-32(6)55/h28-29,35-37,39-42,44-45H,12-27H2,1-11H3,(H,48,58)(H,49,59)(H,50,53)(H,51,54)(H,52,60)/t28-,29-,35?,36+,37+,39+,40+,41-,42-,44+,45+/m0/s1. The van der Waals surface area contributed by atoms with Gasteiger partial charge in [-0.25, -0.2) is 4.79 Å². The molecule has 0 aromatic rings. The number of carbonyl (C=O) groups is 8. The molecule has 2 fully saturated rings. The lowest BCUT2D eigenvalue weighted by molar-refractivity contribution is -0.260. The summed E-state index contributed by atoms with van der Waals surface area (Å²) in [5.74, 6) is -3.41. The fourth-order valence-corrected chi connectivity index (χ4v) is 8.01. The lowest BCUT2D eigenvalue weighted by atomic mass is 9.87. The summed E-state index contributed by atoms with van der Waals surface area (Å²) in [6.45, 7) is 18.7. The highest BCUT2D eigenvalue weighted by atomic mass is 16.7. The van der Waals surface area contributed by atoms with Crippen molar-refractivity contribution in [2.45, 2.75) is 208 Å². The van der Waals surface area contributed by atoms with Crippen LogP contribution in [0.4, 0.5) is 4.79 Å². The first-order chi connectivity index (χ1) is 32.0. The van der Waals surface area contributed by atoms with Gasteiger partial charge in [-0.2, -0.15) is 0 Å². The number of esters is 3. The normalized spacial score (nSPS) is 25.2. The van der Waals surface area contributed by atoms with Gasteiger partial charge in [-0.15, -0.1) is 0 Å². The average Bonchev–Trinajstić information content (AvgIpc) is 3.23. The summed E-state index contributed by atoms with van der Waals surface area (Å²) in [4.78, 5) is 98.1. The maximum atomic E-state index is 13.3. The summed E-state index contributed by atoms with van der Waals surface area (Å²) < 4.78 is 46.1. The molecule has 390 valence electrons. The molecule has 0 aromatic carbocycles. The van der Waals surface area contributed by atoms with Crippen LogP contribution in [0.3, 0.4) is 0 Å². The predicted octanol–water partition coefficient (Wildman–Crippen LogP) is 3.61. The summed E-state index contributed by atoms with van der Waals surface area (Å²) in [5.41, 5.74) is -0.798. The van der Waals surface area contributed by atoms with Gasteiger partial charge in [-0.3, -0.25) is 33.6 Å². The molecule has 0 aromatic heterocycles. The van der Waals surface area contributed by atoms with E-state index >= 15 is 0 Å². The van der Waals surface area contributed by atoms with Crippen molar-refractivity contribution in [2.75, 3.05) is 32.9 Å². The number of hydrogen-bond donors (Lipinski definition) is 5. The maximum Gasteiger partial charge on any atom is 0.408 e. The summed E-state index contributed by atoms with van der Waals surface area (Å²) in [5, 5.41) is 13.9. The molecule has 1 unspecified atom stereocenters. The van der Waals surface area contributed by atoms with Gasteiger partial charge in [0.15, 0.2) is 12.6 Å². The summed E-state index contributed by atoms with van der Waals surface area (Å²) in [6, 6.07) is -2.46. The first kappa shape index (κ1) is 59.5. The lowest BCUT2D eigenvalue weighted by Gasteiger charge is -2.44. The topological polar surface area (TPSA) is 271 Å². The van der Waals surface area contributed by atoms with Gasteiger partial charge < -0.3 is 64.5 Å². The van der Waals surface area contributed by atoms with E-state index in [1.165, 1.54) is 34.6 Å². The molecule has 11 atom stereocenters. The van der Waals surface area contributed by atoms with Crippen molar-refractivity contribution in [3.63, 3.8) is 0 Å². The van der Waals surface area contributed by atoms with E-state index in [2.05, 4.69) is 26.6 Å². The van der Waals surface area contributed by atoms with Crippen molar-refractivity contribution in [2.24, 2.45) is 11.8 Å². The van der Waals surface area contributed by atoms with Gasteiger partial charge >= 0.3 is 24.0 Å². The molecule has 68 heavy (non-hydrogen) atoms. The Morgan fingerprint density at radius 3 is 1.54 bits per heavy atom. The molecular formula is C47H81N5O16. The Bertz CT molecular complexity index is 1630.